The fourth-order valence-electron chi connectivity index (χ4n) is 2.87. The summed E-state index contributed by atoms with van der Waals surface area (Å²) in [4.78, 5) is 0. The average molecular weight is 519 g/mol. The molecule has 0 spiro atoms. The minimum Gasteiger partial charge on any atom is -0.541 e. The molecule has 3 atom stereocenters. The molecule has 0 amide bonds. The molecule has 0 aromatic heterocycles. The molecule has 0 bridgehead atoms. The van der Waals surface area contributed by atoms with Crippen LogP contribution >= 0.6 is 0 Å². The third-order valence-corrected chi connectivity index (χ3v) is 20.0. The predicted octanol–water partition coefficient (Wildman–Crippen LogP) is 5.72. The predicted molar refractivity (Wildman–Crippen MR) is 141 cm³/mol. The zero-order valence-electron chi connectivity index (χ0n) is 21.4. The van der Waals surface area contributed by atoms with E-state index in [1.54, 1.807) is 6.07 Å². The summed E-state index contributed by atoms with van der Waals surface area (Å²) in [5.74, 6) is 2.26. The maximum absolute atomic E-state index is 12.5. The number of aliphatic hydroxyl groups excluding tert-OH is 1. The highest BCUT2D eigenvalue weighted by Gasteiger charge is 2.43. The second-order valence-electron chi connectivity index (χ2n) is 11.8. The van der Waals surface area contributed by atoms with Gasteiger partial charge in [0.25, 0.3) is 16.6 Å². The van der Waals surface area contributed by atoms with Crippen molar-refractivity contribution in [2.75, 3.05) is 11.5 Å². The highest BCUT2D eigenvalue weighted by molar-refractivity contribution is 8.03. The molecule has 0 radical (unpaired) electrons. The Balaban J connectivity index is 2.52. The molecule has 0 aliphatic carbocycles. The highest BCUT2D eigenvalue weighted by atomic mass is 32.2. The van der Waals surface area contributed by atoms with E-state index in [1.807, 2.05) is 12.1 Å². The monoisotopic (exact) mass is 518 g/mol. The molecule has 0 saturated carbocycles. The van der Waals surface area contributed by atoms with Crippen molar-refractivity contribution in [3.63, 3.8) is 0 Å². The van der Waals surface area contributed by atoms with Gasteiger partial charge in [-0.15, -0.1) is 0 Å². The smallest absolute Gasteiger partial charge is 0.250 e. The van der Waals surface area contributed by atoms with Gasteiger partial charge < -0.3 is 14.0 Å². The Morgan fingerprint density at radius 1 is 0.875 bits per heavy atom. The Labute approximate surface area is 201 Å². The summed E-state index contributed by atoms with van der Waals surface area (Å²) in [5.41, 5.74) is 0.579. The lowest BCUT2D eigenvalue weighted by Crippen LogP contribution is -2.45. The molecule has 1 saturated heterocycles. The summed E-state index contributed by atoms with van der Waals surface area (Å²) >= 11 is 0. The largest absolute Gasteiger partial charge is 0.541 e. The minimum absolute atomic E-state index is 0.0117. The molecule has 184 valence electrons. The van der Waals surface area contributed by atoms with Crippen LogP contribution in [0.1, 0.15) is 59.6 Å². The van der Waals surface area contributed by atoms with E-state index in [2.05, 4.69) is 67.7 Å². The van der Waals surface area contributed by atoms with Crippen molar-refractivity contribution in [1.29, 1.82) is 0 Å². The van der Waals surface area contributed by atoms with Gasteiger partial charge in [-0.05, 0) is 60.4 Å². The maximum atomic E-state index is 12.5. The van der Waals surface area contributed by atoms with E-state index in [-0.39, 0.29) is 10.1 Å². The minimum atomic E-state index is -2.19. The molecule has 1 aliphatic rings. The molecule has 1 heterocycles. The second kappa shape index (κ2) is 9.64. The quantitative estimate of drug-likeness (QED) is 0.488. The average Bonchev–Trinajstić information content (AvgIpc) is 2.60. The van der Waals surface area contributed by atoms with Gasteiger partial charge in [-0.3, -0.25) is 8.42 Å². The van der Waals surface area contributed by atoms with E-state index in [0.717, 1.165) is 0 Å². The lowest BCUT2D eigenvalue weighted by Gasteiger charge is -2.40. The summed E-state index contributed by atoms with van der Waals surface area (Å²) in [5, 5.41) is 11.1. The van der Waals surface area contributed by atoms with Crippen molar-refractivity contribution in [3.8, 4) is 11.5 Å². The summed E-state index contributed by atoms with van der Waals surface area (Å²) < 4.78 is 37.6. The molecule has 1 aromatic rings. The van der Waals surface area contributed by atoms with Gasteiger partial charge in [0.05, 0.1) is 0 Å². The Hall–Kier alpha value is -0.486. The van der Waals surface area contributed by atoms with Gasteiger partial charge in [-0.1, -0.05) is 47.6 Å². The van der Waals surface area contributed by atoms with Crippen LogP contribution in [0.15, 0.2) is 18.2 Å². The molecule has 1 fully saturated rings. The van der Waals surface area contributed by atoms with Crippen molar-refractivity contribution in [3.05, 3.63) is 23.8 Å². The Kier molecular flexibility index (Phi) is 8.36. The van der Waals surface area contributed by atoms with Gasteiger partial charge in [0.2, 0.25) is 0 Å². The summed E-state index contributed by atoms with van der Waals surface area (Å²) in [7, 11) is -6.95. The van der Waals surface area contributed by atoms with Crippen molar-refractivity contribution < 1.29 is 22.4 Å². The van der Waals surface area contributed by atoms with Gasteiger partial charge in [-0.25, -0.2) is 0 Å². The van der Waals surface area contributed by atoms with Gasteiger partial charge in [0, 0.05) is 33.1 Å². The third-order valence-electron chi connectivity index (χ3n) is 7.12. The first-order chi connectivity index (χ1) is 14.4. The summed E-state index contributed by atoms with van der Waals surface area (Å²) in [6.45, 7) is 21.9. The normalized spacial score (nSPS) is 24.2. The first-order valence-electron chi connectivity index (χ1n) is 11.3. The van der Waals surface area contributed by atoms with Crippen LogP contribution in [-0.4, -0.2) is 46.2 Å². The number of aliphatic hydroxyl groups is 1. The number of hydrogen-bond acceptors (Lipinski definition) is 5. The number of rotatable bonds is 6. The van der Waals surface area contributed by atoms with E-state index in [9.17, 15) is 13.5 Å². The van der Waals surface area contributed by atoms with Gasteiger partial charge in [0.15, 0.2) is 0 Å². The van der Waals surface area contributed by atoms with Crippen molar-refractivity contribution in [2.45, 2.75) is 94.9 Å². The molecule has 9 heteroatoms. The summed E-state index contributed by atoms with van der Waals surface area (Å²) in [6, 6.07) is 5.47. The standard InChI is InChI=1S/C23H42O5S2Si2/c1-22(2,3)31(7,8)27-18-13-12-17(16-19(18)28-32(9,10)23(4,5)6)20(24)21-29(25)14-11-15-30(21)26/h12-13,16,20-21,24H,11,14-15H2,1-10H3/t20-,21?,29?,30?/m0/s1. The van der Waals surface area contributed by atoms with Crippen LogP contribution in [-0.2, 0) is 21.6 Å². The van der Waals surface area contributed by atoms with E-state index >= 15 is 0 Å². The molecule has 2 rings (SSSR count). The van der Waals surface area contributed by atoms with Crippen LogP contribution in [0, 0.1) is 0 Å². The lowest BCUT2D eigenvalue weighted by molar-refractivity contribution is 0.193. The molecule has 1 aromatic carbocycles. The Bertz CT molecular complexity index is 856. The van der Waals surface area contributed by atoms with Crippen molar-refractivity contribution >= 4 is 38.2 Å². The molecule has 1 N–H and O–H groups in total. The van der Waals surface area contributed by atoms with E-state index < -0.39 is 48.9 Å². The van der Waals surface area contributed by atoms with Crippen LogP contribution in [0.4, 0.5) is 0 Å². The van der Waals surface area contributed by atoms with Gasteiger partial charge in [-0.2, -0.15) is 0 Å². The van der Waals surface area contributed by atoms with Crippen LogP contribution < -0.4 is 8.85 Å². The first-order valence-corrected chi connectivity index (χ1v) is 19.9. The molecular formula is C23H42O5S2Si2. The van der Waals surface area contributed by atoms with Crippen molar-refractivity contribution in [1.82, 2.24) is 0 Å². The number of benzene rings is 1. The van der Waals surface area contributed by atoms with Gasteiger partial charge >= 0.3 is 0 Å². The fourth-order valence-corrected chi connectivity index (χ4v) is 8.84. The van der Waals surface area contributed by atoms with E-state index in [0.29, 0.717) is 35.0 Å². The van der Waals surface area contributed by atoms with Crippen LogP contribution in [0.25, 0.3) is 0 Å². The number of hydrogen-bond donors (Lipinski definition) is 1. The molecule has 32 heavy (non-hydrogen) atoms. The van der Waals surface area contributed by atoms with Crippen LogP contribution in [0.2, 0.25) is 36.3 Å². The first kappa shape index (κ1) is 27.8. The highest BCUT2D eigenvalue weighted by Crippen LogP contribution is 2.44. The third kappa shape index (κ3) is 6.14. The zero-order valence-corrected chi connectivity index (χ0v) is 25.0. The van der Waals surface area contributed by atoms with Gasteiger partial charge in [0.1, 0.15) is 22.2 Å². The second-order valence-corrected chi connectivity index (χ2v) is 24.9. The lowest BCUT2D eigenvalue weighted by atomic mass is 10.1. The zero-order chi connectivity index (χ0) is 24.7. The maximum Gasteiger partial charge on any atom is 0.250 e. The van der Waals surface area contributed by atoms with E-state index in [1.165, 1.54) is 0 Å². The Morgan fingerprint density at radius 3 is 1.75 bits per heavy atom. The van der Waals surface area contributed by atoms with Crippen molar-refractivity contribution in [2.24, 2.45) is 0 Å². The summed E-state index contributed by atoms with van der Waals surface area (Å²) in [6.07, 6.45) is -0.401. The molecule has 1 aliphatic heterocycles. The van der Waals surface area contributed by atoms with Crippen LogP contribution in [0.3, 0.4) is 0 Å². The fraction of sp³-hybridized carbons (Fsp3) is 0.739. The molecule has 2 unspecified atom stereocenters. The van der Waals surface area contributed by atoms with E-state index in [4.69, 9.17) is 8.85 Å². The SMILES string of the molecule is CC(C)(C)[Si](C)(C)Oc1ccc([C@H](O)C2S(=O)CCCS2=O)cc1O[Si](C)(C)C(C)(C)C. The Morgan fingerprint density at radius 2 is 1.31 bits per heavy atom. The molecule has 5 nitrogen and oxygen atoms in total. The molecular weight excluding hydrogens is 477 g/mol. The van der Waals surface area contributed by atoms with Crippen LogP contribution in [0.5, 0.6) is 11.5 Å². The topological polar surface area (TPSA) is 72.8 Å².